The molecule has 0 saturated carbocycles. The van der Waals surface area contributed by atoms with E-state index in [1.807, 2.05) is 0 Å². The molecule has 0 aliphatic carbocycles. The highest BCUT2D eigenvalue weighted by atomic mass is 19.4. The summed E-state index contributed by atoms with van der Waals surface area (Å²) in [5.41, 5.74) is -0.238. The Balaban J connectivity index is 1.68. The zero-order valence-corrected chi connectivity index (χ0v) is 18.1. The van der Waals surface area contributed by atoms with Gasteiger partial charge in [0.2, 0.25) is 5.89 Å². The van der Waals surface area contributed by atoms with Crippen LogP contribution in [0.5, 0.6) is 11.5 Å². The van der Waals surface area contributed by atoms with Gasteiger partial charge in [0, 0.05) is 11.6 Å². The van der Waals surface area contributed by atoms with E-state index in [1.165, 1.54) is 44.7 Å². The van der Waals surface area contributed by atoms with Gasteiger partial charge in [0.05, 0.1) is 42.8 Å². The van der Waals surface area contributed by atoms with Crippen molar-refractivity contribution in [2.24, 2.45) is 0 Å². The Morgan fingerprint density at radius 2 is 1.68 bits per heavy atom. The number of oxazole rings is 1. The molecule has 9 heteroatoms. The molecule has 0 aliphatic heterocycles. The van der Waals surface area contributed by atoms with Crippen LogP contribution in [0, 0.1) is 0 Å². The third-order valence-electron chi connectivity index (χ3n) is 5.06. The Hall–Kier alpha value is -4.27. The predicted octanol–water partition coefficient (Wildman–Crippen LogP) is 6.30. The molecule has 0 unspecified atom stereocenters. The molecule has 4 rings (SSSR count). The van der Waals surface area contributed by atoms with Gasteiger partial charge in [-0.05, 0) is 36.4 Å². The standard InChI is InChI=1S/C25H19F3N2O4/c1-32-15-11-12-18(21(13-15)33-2)22-14-29-24(34-22)17-8-4-3-7-16(17)23(31)30-20-10-6-5-9-19(20)25(26,27)28/h3-14H,1-2H3,(H,30,31). The Kier molecular flexibility index (Phi) is 6.27. The van der Waals surface area contributed by atoms with Gasteiger partial charge in [-0.25, -0.2) is 4.98 Å². The maximum Gasteiger partial charge on any atom is 0.418 e. The monoisotopic (exact) mass is 468 g/mol. The number of ether oxygens (including phenoxy) is 2. The van der Waals surface area contributed by atoms with E-state index >= 15 is 0 Å². The third-order valence-corrected chi connectivity index (χ3v) is 5.06. The van der Waals surface area contributed by atoms with Crippen LogP contribution in [0.25, 0.3) is 22.8 Å². The van der Waals surface area contributed by atoms with Crippen LogP contribution in [0.15, 0.2) is 77.3 Å². The lowest BCUT2D eigenvalue weighted by molar-refractivity contribution is -0.136. The Labute approximate surface area is 193 Å². The Morgan fingerprint density at radius 1 is 0.941 bits per heavy atom. The minimum Gasteiger partial charge on any atom is -0.497 e. The molecule has 34 heavy (non-hydrogen) atoms. The summed E-state index contributed by atoms with van der Waals surface area (Å²) in [5.74, 6) is 0.877. The van der Waals surface area contributed by atoms with Gasteiger partial charge >= 0.3 is 6.18 Å². The van der Waals surface area contributed by atoms with E-state index in [2.05, 4.69) is 10.3 Å². The summed E-state index contributed by atoms with van der Waals surface area (Å²) in [4.78, 5) is 17.2. The molecule has 0 atom stereocenters. The van der Waals surface area contributed by atoms with Crippen LogP contribution in [0.3, 0.4) is 0 Å². The minimum absolute atomic E-state index is 0.106. The first kappa shape index (κ1) is 22.9. The van der Waals surface area contributed by atoms with E-state index in [9.17, 15) is 18.0 Å². The topological polar surface area (TPSA) is 73.6 Å². The molecule has 0 spiro atoms. The van der Waals surface area contributed by atoms with Crippen molar-refractivity contribution in [3.05, 3.63) is 84.1 Å². The van der Waals surface area contributed by atoms with Crippen molar-refractivity contribution < 1.29 is 31.9 Å². The number of rotatable bonds is 6. The number of benzene rings is 3. The maximum absolute atomic E-state index is 13.3. The average Bonchev–Trinajstić information content (AvgIpc) is 3.33. The Morgan fingerprint density at radius 3 is 2.41 bits per heavy atom. The van der Waals surface area contributed by atoms with Crippen LogP contribution in [-0.4, -0.2) is 25.1 Å². The van der Waals surface area contributed by atoms with Gasteiger partial charge < -0.3 is 19.2 Å². The first-order valence-corrected chi connectivity index (χ1v) is 10.1. The summed E-state index contributed by atoms with van der Waals surface area (Å²) in [6.07, 6.45) is -3.13. The molecule has 0 radical (unpaired) electrons. The molecular weight excluding hydrogens is 449 g/mol. The molecule has 0 fully saturated rings. The lowest BCUT2D eigenvalue weighted by atomic mass is 10.1. The van der Waals surface area contributed by atoms with E-state index in [0.717, 1.165) is 6.07 Å². The molecule has 1 N–H and O–H groups in total. The van der Waals surface area contributed by atoms with Crippen LogP contribution in [0.1, 0.15) is 15.9 Å². The number of hydrogen-bond acceptors (Lipinski definition) is 5. The maximum atomic E-state index is 13.3. The van der Waals surface area contributed by atoms with Gasteiger partial charge in [0.1, 0.15) is 11.5 Å². The number of amides is 1. The number of nitrogens with zero attached hydrogens (tertiary/aromatic N) is 1. The van der Waals surface area contributed by atoms with Crippen molar-refractivity contribution in [2.45, 2.75) is 6.18 Å². The van der Waals surface area contributed by atoms with E-state index in [-0.39, 0.29) is 17.1 Å². The SMILES string of the molecule is COc1ccc(-c2cnc(-c3ccccc3C(=O)Nc3ccccc3C(F)(F)F)o2)c(OC)c1. The van der Waals surface area contributed by atoms with Crippen LogP contribution in [0.4, 0.5) is 18.9 Å². The number of para-hydroxylation sites is 1. The van der Waals surface area contributed by atoms with Crippen LogP contribution in [0.2, 0.25) is 0 Å². The number of hydrogen-bond donors (Lipinski definition) is 1. The highest BCUT2D eigenvalue weighted by Gasteiger charge is 2.33. The number of nitrogens with one attached hydrogen (secondary N) is 1. The molecule has 6 nitrogen and oxygen atoms in total. The smallest absolute Gasteiger partial charge is 0.418 e. The minimum atomic E-state index is -4.61. The summed E-state index contributed by atoms with van der Waals surface area (Å²) in [6.45, 7) is 0. The van der Waals surface area contributed by atoms with Gasteiger partial charge in [-0.3, -0.25) is 4.79 Å². The number of aromatic nitrogens is 1. The van der Waals surface area contributed by atoms with Gasteiger partial charge in [-0.15, -0.1) is 0 Å². The highest BCUT2D eigenvalue weighted by Crippen LogP contribution is 2.37. The molecule has 4 aromatic rings. The number of methoxy groups -OCH3 is 2. The van der Waals surface area contributed by atoms with E-state index < -0.39 is 17.6 Å². The second kappa shape index (κ2) is 9.30. The Bertz CT molecular complexity index is 1330. The lowest BCUT2D eigenvalue weighted by Crippen LogP contribution is -2.17. The van der Waals surface area contributed by atoms with Crippen LogP contribution in [-0.2, 0) is 6.18 Å². The molecular formula is C25H19F3N2O4. The average molecular weight is 468 g/mol. The highest BCUT2D eigenvalue weighted by molar-refractivity contribution is 6.08. The van der Waals surface area contributed by atoms with E-state index in [4.69, 9.17) is 13.9 Å². The van der Waals surface area contributed by atoms with Gasteiger partial charge in [-0.2, -0.15) is 13.2 Å². The number of carbonyl (C=O) groups excluding carboxylic acids is 1. The molecule has 1 aromatic heterocycles. The summed E-state index contributed by atoms with van der Waals surface area (Å²) in [5, 5.41) is 2.35. The summed E-state index contributed by atoms with van der Waals surface area (Å²) >= 11 is 0. The summed E-state index contributed by atoms with van der Waals surface area (Å²) in [7, 11) is 3.05. The molecule has 174 valence electrons. The third kappa shape index (κ3) is 4.59. The quantitative estimate of drug-likeness (QED) is 0.360. The van der Waals surface area contributed by atoms with Crippen molar-refractivity contribution in [3.63, 3.8) is 0 Å². The fourth-order valence-corrected chi connectivity index (χ4v) is 3.42. The summed E-state index contributed by atoms with van der Waals surface area (Å²) in [6, 6.07) is 16.3. The van der Waals surface area contributed by atoms with Gasteiger partial charge in [-0.1, -0.05) is 24.3 Å². The lowest BCUT2D eigenvalue weighted by Gasteiger charge is -2.14. The number of alkyl halides is 3. The van der Waals surface area contributed by atoms with E-state index in [1.54, 1.807) is 36.4 Å². The van der Waals surface area contributed by atoms with Crippen LogP contribution < -0.4 is 14.8 Å². The first-order chi connectivity index (χ1) is 16.3. The van der Waals surface area contributed by atoms with Crippen molar-refractivity contribution in [1.82, 2.24) is 4.98 Å². The molecule has 3 aromatic carbocycles. The second-order valence-electron chi connectivity index (χ2n) is 7.14. The summed E-state index contributed by atoms with van der Waals surface area (Å²) < 4.78 is 56.5. The van der Waals surface area contributed by atoms with E-state index in [0.29, 0.717) is 28.4 Å². The number of carbonyl (C=O) groups is 1. The molecule has 0 saturated heterocycles. The van der Waals surface area contributed by atoms with Crippen molar-refractivity contribution in [2.75, 3.05) is 19.5 Å². The fraction of sp³-hybridized carbons (Fsp3) is 0.120. The van der Waals surface area contributed by atoms with Crippen LogP contribution >= 0.6 is 0 Å². The van der Waals surface area contributed by atoms with Gasteiger partial charge in [0.15, 0.2) is 5.76 Å². The molecule has 0 aliphatic rings. The second-order valence-corrected chi connectivity index (χ2v) is 7.14. The predicted molar refractivity (Wildman–Crippen MR) is 120 cm³/mol. The molecule has 1 heterocycles. The zero-order chi connectivity index (χ0) is 24.3. The van der Waals surface area contributed by atoms with Crippen molar-refractivity contribution in [1.29, 1.82) is 0 Å². The van der Waals surface area contributed by atoms with Crippen molar-refractivity contribution in [3.8, 4) is 34.3 Å². The number of halogens is 3. The van der Waals surface area contributed by atoms with Gasteiger partial charge in [0.25, 0.3) is 5.91 Å². The first-order valence-electron chi connectivity index (χ1n) is 10.1. The molecule has 1 amide bonds. The molecule has 0 bridgehead atoms. The van der Waals surface area contributed by atoms with Crippen molar-refractivity contribution >= 4 is 11.6 Å². The zero-order valence-electron chi connectivity index (χ0n) is 18.1. The normalized spacial score (nSPS) is 11.2. The fourth-order valence-electron chi connectivity index (χ4n) is 3.42. The number of anilines is 1. The largest absolute Gasteiger partial charge is 0.497 e.